The minimum absolute atomic E-state index is 0.574. The molecule has 3 heteroatoms. The van der Waals surface area contributed by atoms with Crippen molar-refractivity contribution in [2.75, 3.05) is 6.61 Å². The molecule has 0 atom stereocenters. The van der Waals surface area contributed by atoms with Crippen molar-refractivity contribution < 1.29 is 13.5 Å². The number of ether oxygens (including phenoxy) is 1. The summed E-state index contributed by atoms with van der Waals surface area (Å²) in [5.74, 6) is 8.07. The van der Waals surface area contributed by atoms with E-state index in [4.69, 9.17) is 4.74 Å². The van der Waals surface area contributed by atoms with E-state index in [1.165, 1.54) is 37.7 Å². The smallest absolute Gasteiger partial charge is 0.217 e. The van der Waals surface area contributed by atoms with Gasteiger partial charge in [-0.25, -0.2) is 0 Å². The molecule has 0 saturated heterocycles. The predicted molar refractivity (Wildman–Crippen MR) is 124 cm³/mol. The molecule has 2 aromatic rings. The second-order valence-electron chi connectivity index (χ2n) is 7.36. The normalized spacial score (nSPS) is 11.0. The highest BCUT2D eigenvalue weighted by atomic mass is 19.2. The van der Waals surface area contributed by atoms with Crippen molar-refractivity contribution >= 4 is 0 Å². The highest BCUT2D eigenvalue weighted by Gasteiger charge is 2.00. The van der Waals surface area contributed by atoms with E-state index >= 15 is 0 Å². The summed E-state index contributed by atoms with van der Waals surface area (Å²) in [5.41, 5.74) is 2.46. The zero-order valence-electron chi connectivity index (χ0n) is 18.4. The van der Waals surface area contributed by atoms with Crippen molar-refractivity contribution in [3.8, 4) is 29.4 Å². The van der Waals surface area contributed by atoms with Gasteiger partial charge in [0, 0.05) is 11.1 Å². The van der Waals surface area contributed by atoms with Gasteiger partial charge in [0.25, 0.3) is 0 Å². The van der Waals surface area contributed by atoms with Gasteiger partial charge in [-0.05, 0) is 73.1 Å². The molecule has 0 aliphatic carbocycles. The summed E-state index contributed by atoms with van der Waals surface area (Å²) in [6.07, 6.45) is 8.16. The first-order chi connectivity index (χ1) is 15.1. The SMILES string of the molecule is CCCCCCCc1ccc(C#C/C(F)=C(\F)C#Cc2ccc(OCCC)cc2)cc1. The average molecular weight is 421 g/mol. The summed E-state index contributed by atoms with van der Waals surface area (Å²) in [6.45, 7) is 4.87. The van der Waals surface area contributed by atoms with Crippen molar-refractivity contribution in [2.45, 2.75) is 58.8 Å². The third-order valence-corrected chi connectivity index (χ3v) is 4.68. The molecule has 0 aromatic heterocycles. The average Bonchev–Trinajstić information content (AvgIpc) is 2.81. The third kappa shape index (κ3) is 9.54. The number of aryl methyl sites for hydroxylation is 1. The summed E-state index contributed by atoms with van der Waals surface area (Å²) < 4.78 is 33.3. The maximum atomic E-state index is 13.9. The van der Waals surface area contributed by atoms with Gasteiger partial charge >= 0.3 is 0 Å². The van der Waals surface area contributed by atoms with Gasteiger partial charge in [0.1, 0.15) is 5.75 Å². The summed E-state index contributed by atoms with van der Waals surface area (Å²) >= 11 is 0. The molecule has 0 bridgehead atoms. The Morgan fingerprint density at radius 2 is 1.26 bits per heavy atom. The van der Waals surface area contributed by atoms with Crippen molar-refractivity contribution in [3.05, 3.63) is 76.9 Å². The molecule has 0 spiro atoms. The number of hydrogen-bond acceptors (Lipinski definition) is 1. The lowest BCUT2D eigenvalue weighted by molar-refractivity contribution is 0.317. The van der Waals surface area contributed by atoms with Gasteiger partial charge < -0.3 is 4.74 Å². The van der Waals surface area contributed by atoms with E-state index in [0.717, 1.165) is 18.6 Å². The van der Waals surface area contributed by atoms with Crippen LogP contribution in [0.25, 0.3) is 0 Å². The number of hydrogen-bond donors (Lipinski definition) is 0. The summed E-state index contributed by atoms with van der Waals surface area (Å²) in [5, 5.41) is 0. The zero-order valence-corrected chi connectivity index (χ0v) is 18.4. The monoisotopic (exact) mass is 420 g/mol. The Labute approximate surface area is 185 Å². The largest absolute Gasteiger partial charge is 0.494 e. The second kappa shape index (κ2) is 14.1. The van der Waals surface area contributed by atoms with Gasteiger partial charge in [0.05, 0.1) is 6.61 Å². The number of benzene rings is 2. The van der Waals surface area contributed by atoms with Gasteiger partial charge in [-0.15, -0.1) is 0 Å². The third-order valence-electron chi connectivity index (χ3n) is 4.68. The molecule has 1 nitrogen and oxygen atoms in total. The van der Waals surface area contributed by atoms with Crippen LogP contribution in [0.15, 0.2) is 60.2 Å². The van der Waals surface area contributed by atoms with Crippen molar-refractivity contribution in [3.63, 3.8) is 0 Å². The van der Waals surface area contributed by atoms with E-state index in [1.807, 2.05) is 31.2 Å². The summed E-state index contributed by atoms with van der Waals surface area (Å²) in [7, 11) is 0. The van der Waals surface area contributed by atoms with Crippen molar-refractivity contribution in [1.82, 2.24) is 0 Å². The van der Waals surface area contributed by atoms with Crippen LogP contribution < -0.4 is 4.74 Å². The molecule has 0 N–H and O–H groups in total. The van der Waals surface area contributed by atoms with E-state index in [1.54, 1.807) is 24.3 Å². The molecule has 0 aliphatic heterocycles. The van der Waals surface area contributed by atoms with Gasteiger partial charge in [0.2, 0.25) is 11.7 Å². The highest BCUT2D eigenvalue weighted by Crippen LogP contribution is 2.13. The van der Waals surface area contributed by atoms with E-state index in [-0.39, 0.29) is 0 Å². The zero-order chi connectivity index (χ0) is 22.3. The lowest BCUT2D eigenvalue weighted by atomic mass is 10.0. The van der Waals surface area contributed by atoms with Crippen LogP contribution in [0.5, 0.6) is 5.75 Å². The minimum atomic E-state index is -1.16. The fraction of sp³-hybridized carbons (Fsp3) is 0.357. The summed E-state index contributed by atoms with van der Waals surface area (Å²) in [4.78, 5) is 0. The van der Waals surface area contributed by atoms with Crippen LogP contribution in [0, 0.1) is 23.7 Å². The minimum Gasteiger partial charge on any atom is -0.494 e. The number of halogens is 2. The molecule has 0 saturated carbocycles. The van der Waals surface area contributed by atoms with Crippen LogP contribution in [0.4, 0.5) is 8.78 Å². The maximum Gasteiger partial charge on any atom is 0.217 e. The molecule has 0 unspecified atom stereocenters. The molecule has 0 fully saturated rings. The summed E-state index contributed by atoms with van der Waals surface area (Å²) in [6, 6.07) is 14.6. The Kier molecular flexibility index (Phi) is 11.0. The number of unbranched alkanes of at least 4 members (excludes halogenated alkanes) is 4. The Morgan fingerprint density at radius 3 is 1.81 bits per heavy atom. The number of allylic oxidation sites excluding steroid dienone is 2. The molecule has 162 valence electrons. The lowest BCUT2D eigenvalue weighted by Crippen LogP contribution is -1.94. The Hall–Kier alpha value is -3.04. The predicted octanol–water partition coefficient (Wildman–Crippen LogP) is 7.54. The molecule has 2 rings (SSSR count). The molecule has 31 heavy (non-hydrogen) atoms. The first-order valence-electron chi connectivity index (χ1n) is 11.0. The highest BCUT2D eigenvalue weighted by molar-refractivity contribution is 5.46. The van der Waals surface area contributed by atoms with Crippen LogP contribution in [0.2, 0.25) is 0 Å². The van der Waals surface area contributed by atoms with Crippen molar-refractivity contribution in [1.29, 1.82) is 0 Å². The Bertz CT molecular complexity index is 949. The van der Waals surface area contributed by atoms with Gasteiger partial charge in [-0.3, -0.25) is 0 Å². The van der Waals surface area contributed by atoms with Crippen LogP contribution in [-0.2, 0) is 6.42 Å². The van der Waals surface area contributed by atoms with E-state index < -0.39 is 11.7 Å². The molecular formula is C28H30F2O. The van der Waals surface area contributed by atoms with Crippen LogP contribution in [0.3, 0.4) is 0 Å². The Morgan fingerprint density at radius 1 is 0.710 bits per heavy atom. The van der Waals surface area contributed by atoms with Gasteiger partial charge in [-0.2, -0.15) is 8.78 Å². The first kappa shape index (κ1) is 24.2. The maximum absolute atomic E-state index is 13.9. The second-order valence-corrected chi connectivity index (χ2v) is 7.36. The molecule has 2 aromatic carbocycles. The van der Waals surface area contributed by atoms with E-state index in [2.05, 4.69) is 30.6 Å². The van der Waals surface area contributed by atoms with Crippen molar-refractivity contribution in [2.24, 2.45) is 0 Å². The Balaban J connectivity index is 1.92. The molecule has 0 aliphatic rings. The quantitative estimate of drug-likeness (QED) is 0.301. The lowest BCUT2D eigenvalue weighted by Gasteiger charge is -2.03. The standard InChI is InChI=1S/C28H30F2O/c1-3-5-6-7-8-9-23-10-12-24(13-11-23)16-20-27(29)28(30)21-17-25-14-18-26(19-15-25)31-22-4-2/h10-15,18-19H,3-9,22H2,1-2H3/b28-27+. The van der Waals surface area contributed by atoms with Gasteiger partial charge in [0.15, 0.2) is 0 Å². The topological polar surface area (TPSA) is 9.23 Å². The van der Waals surface area contributed by atoms with Crippen LogP contribution in [0.1, 0.15) is 69.1 Å². The van der Waals surface area contributed by atoms with Crippen LogP contribution in [-0.4, -0.2) is 6.61 Å². The molecule has 0 amide bonds. The van der Waals surface area contributed by atoms with Gasteiger partial charge in [-0.1, -0.05) is 63.5 Å². The fourth-order valence-corrected chi connectivity index (χ4v) is 2.91. The number of rotatable bonds is 9. The van der Waals surface area contributed by atoms with E-state index in [0.29, 0.717) is 17.7 Å². The fourth-order valence-electron chi connectivity index (χ4n) is 2.91. The van der Waals surface area contributed by atoms with Crippen LogP contribution >= 0.6 is 0 Å². The molecule has 0 radical (unpaired) electrons. The first-order valence-corrected chi connectivity index (χ1v) is 11.0. The van der Waals surface area contributed by atoms with E-state index in [9.17, 15) is 8.78 Å². The molecule has 0 heterocycles. The molecular weight excluding hydrogens is 390 g/mol.